The maximum absolute atomic E-state index is 12.1. The molecule has 0 aliphatic rings. The molecule has 0 fully saturated rings. The van der Waals surface area contributed by atoms with Gasteiger partial charge in [0.05, 0.1) is 13.7 Å². The molecule has 1 aromatic carbocycles. The average molecular weight is 318 g/mol. The van der Waals surface area contributed by atoms with Crippen LogP contribution in [0, 0.1) is 0 Å². The summed E-state index contributed by atoms with van der Waals surface area (Å²) in [7, 11) is 4.98. The third kappa shape index (κ3) is 4.14. The molecule has 2 aromatic rings. The number of rotatable bonds is 4. The summed E-state index contributed by atoms with van der Waals surface area (Å²) in [4.78, 5) is 25.9. The van der Waals surface area contributed by atoms with E-state index in [9.17, 15) is 9.59 Å². The lowest BCUT2D eigenvalue weighted by Gasteiger charge is -2.10. The molecular formula is C16H18N2O3S. The van der Waals surface area contributed by atoms with Gasteiger partial charge in [0.1, 0.15) is 5.75 Å². The van der Waals surface area contributed by atoms with Crippen molar-refractivity contribution < 1.29 is 9.53 Å². The van der Waals surface area contributed by atoms with E-state index in [1.165, 1.54) is 11.0 Å². The molecule has 0 bridgehead atoms. The Morgan fingerprint density at radius 3 is 2.45 bits per heavy atom. The zero-order valence-corrected chi connectivity index (χ0v) is 13.6. The van der Waals surface area contributed by atoms with Gasteiger partial charge >= 0.3 is 0 Å². The second kappa shape index (κ2) is 7.17. The normalized spacial score (nSPS) is 10.3. The molecule has 5 nitrogen and oxygen atoms in total. The van der Waals surface area contributed by atoms with Crippen LogP contribution in [0.4, 0.5) is 4.79 Å². The third-order valence-corrected chi connectivity index (χ3v) is 4.08. The quantitative estimate of drug-likeness (QED) is 0.813. The largest absolute Gasteiger partial charge is 0.497 e. The lowest BCUT2D eigenvalue weighted by Crippen LogP contribution is -2.20. The molecule has 1 heterocycles. The van der Waals surface area contributed by atoms with Crippen molar-refractivity contribution in [2.45, 2.75) is 11.4 Å². The minimum atomic E-state index is -0.132. The maximum Gasteiger partial charge on any atom is 0.285 e. The number of aromatic nitrogens is 1. The number of ether oxygens (including phenoxy) is 1. The van der Waals surface area contributed by atoms with Crippen molar-refractivity contribution in [3.63, 3.8) is 0 Å². The van der Waals surface area contributed by atoms with Gasteiger partial charge in [-0.2, -0.15) is 0 Å². The fourth-order valence-corrected chi connectivity index (χ4v) is 2.48. The van der Waals surface area contributed by atoms with E-state index in [1.807, 2.05) is 24.3 Å². The van der Waals surface area contributed by atoms with Crippen molar-refractivity contribution >= 4 is 17.0 Å². The van der Waals surface area contributed by atoms with E-state index in [2.05, 4.69) is 0 Å². The first-order chi connectivity index (χ1) is 10.5. The van der Waals surface area contributed by atoms with E-state index in [1.54, 1.807) is 38.0 Å². The summed E-state index contributed by atoms with van der Waals surface area (Å²) in [5, 5.41) is -0.104. The van der Waals surface area contributed by atoms with E-state index >= 15 is 0 Å². The minimum absolute atomic E-state index is 0.104. The fourth-order valence-electron chi connectivity index (χ4n) is 1.80. The molecule has 0 aliphatic heterocycles. The molecule has 0 radical (unpaired) electrons. The van der Waals surface area contributed by atoms with Gasteiger partial charge in [-0.15, -0.1) is 0 Å². The van der Waals surface area contributed by atoms with Gasteiger partial charge in [0.2, 0.25) is 0 Å². The number of amides is 1. The molecule has 22 heavy (non-hydrogen) atoms. The predicted octanol–water partition coefficient (Wildman–Crippen LogP) is 2.68. The Labute approximate surface area is 133 Å². The number of methoxy groups -OCH3 is 1. The van der Waals surface area contributed by atoms with E-state index in [0.29, 0.717) is 11.4 Å². The summed E-state index contributed by atoms with van der Waals surface area (Å²) in [5.74, 6) is 0.782. The van der Waals surface area contributed by atoms with Crippen LogP contribution < -0.4 is 10.3 Å². The summed E-state index contributed by atoms with van der Waals surface area (Å²) in [6.07, 6.45) is 1.71. The van der Waals surface area contributed by atoms with Gasteiger partial charge in [-0.1, -0.05) is 12.1 Å². The average Bonchev–Trinajstić information content (AvgIpc) is 2.50. The standard InChI is InChI=1S/C16H18N2O3S/c1-17(2)16(20)22-14-8-9-18(15(19)10-14)11-12-4-6-13(21-3)7-5-12/h4-10H,11H2,1-3H3. The number of pyridine rings is 1. The van der Waals surface area contributed by atoms with Gasteiger partial charge in [0.25, 0.3) is 10.8 Å². The Kier molecular flexibility index (Phi) is 5.27. The van der Waals surface area contributed by atoms with Crippen LogP contribution in [0.1, 0.15) is 5.56 Å². The first kappa shape index (κ1) is 16.2. The molecule has 0 unspecified atom stereocenters. The highest BCUT2D eigenvalue weighted by molar-refractivity contribution is 8.13. The highest BCUT2D eigenvalue weighted by atomic mass is 32.2. The summed E-state index contributed by atoms with van der Waals surface area (Å²) in [6, 6.07) is 10.8. The zero-order chi connectivity index (χ0) is 16.1. The van der Waals surface area contributed by atoms with E-state index in [4.69, 9.17) is 4.74 Å². The monoisotopic (exact) mass is 318 g/mol. The summed E-state index contributed by atoms with van der Waals surface area (Å²) < 4.78 is 6.71. The number of carbonyl (C=O) groups excluding carboxylic acids is 1. The van der Waals surface area contributed by atoms with Crippen LogP contribution in [0.15, 0.2) is 52.3 Å². The van der Waals surface area contributed by atoms with Crippen LogP contribution in [0.2, 0.25) is 0 Å². The Hall–Kier alpha value is -2.21. The van der Waals surface area contributed by atoms with Crippen molar-refractivity contribution in [3.8, 4) is 5.75 Å². The molecule has 1 aromatic heterocycles. The zero-order valence-electron chi connectivity index (χ0n) is 12.8. The summed E-state index contributed by atoms with van der Waals surface area (Å²) >= 11 is 1.04. The summed E-state index contributed by atoms with van der Waals surface area (Å²) in [5.41, 5.74) is 0.875. The molecule has 0 spiro atoms. The van der Waals surface area contributed by atoms with Gasteiger partial charge in [-0.25, -0.2) is 0 Å². The number of thioether (sulfide) groups is 1. The van der Waals surface area contributed by atoms with Crippen molar-refractivity contribution in [2.75, 3.05) is 21.2 Å². The van der Waals surface area contributed by atoms with E-state index in [-0.39, 0.29) is 10.8 Å². The van der Waals surface area contributed by atoms with E-state index < -0.39 is 0 Å². The van der Waals surface area contributed by atoms with Crippen molar-refractivity contribution in [1.29, 1.82) is 0 Å². The molecule has 0 saturated carbocycles. The molecule has 116 valence electrons. The first-order valence-corrected chi connectivity index (χ1v) is 7.54. The van der Waals surface area contributed by atoms with Crippen LogP contribution in [0.3, 0.4) is 0 Å². The lowest BCUT2D eigenvalue weighted by atomic mass is 10.2. The summed E-state index contributed by atoms with van der Waals surface area (Å²) in [6.45, 7) is 0.482. The lowest BCUT2D eigenvalue weighted by molar-refractivity contribution is 0.241. The third-order valence-electron chi connectivity index (χ3n) is 3.05. The van der Waals surface area contributed by atoms with Crippen LogP contribution >= 0.6 is 11.8 Å². The first-order valence-electron chi connectivity index (χ1n) is 6.72. The Morgan fingerprint density at radius 1 is 1.23 bits per heavy atom. The molecule has 0 atom stereocenters. The minimum Gasteiger partial charge on any atom is -0.497 e. The predicted molar refractivity (Wildman–Crippen MR) is 87.7 cm³/mol. The number of nitrogens with zero attached hydrogens (tertiary/aromatic N) is 2. The number of benzene rings is 1. The molecule has 2 rings (SSSR count). The van der Waals surface area contributed by atoms with Gasteiger partial charge in [0.15, 0.2) is 0 Å². The number of hydrogen-bond donors (Lipinski definition) is 0. The topological polar surface area (TPSA) is 51.5 Å². The molecule has 0 N–H and O–H groups in total. The molecule has 1 amide bonds. The Balaban J connectivity index is 2.12. The Bertz CT molecular complexity index is 708. The maximum atomic E-state index is 12.1. The van der Waals surface area contributed by atoms with Crippen LogP contribution in [-0.4, -0.2) is 35.9 Å². The van der Waals surface area contributed by atoms with Crippen LogP contribution in [0.5, 0.6) is 5.75 Å². The van der Waals surface area contributed by atoms with E-state index in [0.717, 1.165) is 23.1 Å². The van der Waals surface area contributed by atoms with Crippen molar-refractivity contribution in [3.05, 3.63) is 58.5 Å². The van der Waals surface area contributed by atoms with Crippen LogP contribution in [0.25, 0.3) is 0 Å². The number of carbonyl (C=O) groups is 1. The SMILES string of the molecule is COc1ccc(Cn2ccc(SC(=O)N(C)C)cc2=O)cc1. The van der Waals surface area contributed by atoms with Gasteiger partial charge < -0.3 is 14.2 Å². The van der Waals surface area contributed by atoms with Crippen molar-refractivity contribution in [1.82, 2.24) is 9.47 Å². The second-order valence-corrected chi connectivity index (χ2v) is 5.96. The smallest absolute Gasteiger partial charge is 0.285 e. The molecule has 0 saturated heterocycles. The highest BCUT2D eigenvalue weighted by Crippen LogP contribution is 2.18. The van der Waals surface area contributed by atoms with Gasteiger partial charge in [0, 0.05) is 31.3 Å². The Morgan fingerprint density at radius 2 is 1.91 bits per heavy atom. The van der Waals surface area contributed by atoms with Gasteiger partial charge in [-0.3, -0.25) is 9.59 Å². The fraction of sp³-hybridized carbons (Fsp3) is 0.250. The molecule has 6 heteroatoms. The highest BCUT2D eigenvalue weighted by Gasteiger charge is 2.08. The molecular weight excluding hydrogens is 300 g/mol. The van der Waals surface area contributed by atoms with Crippen molar-refractivity contribution in [2.24, 2.45) is 0 Å². The van der Waals surface area contributed by atoms with Gasteiger partial charge in [-0.05, 0) is 35.5 Å². The van der Waals surface area contributed by atoms with Crippen LogP contribution in [-0.2, 0) is 6.54 Å². The number of hydrogen-bond acceptors (Lipinski definition) is 4. The second-order valence-electron chi connectivity index (χ2n) is 4.94. The molecule has 0 aliphatic carbocycles.